The molecular formula is C16H24N2S. The predicted molar refractivity (Wildman–Crippen MR) is 85.2 cm³/mol. The zero-order valence-corrected chi connectivity index (χ0v) is 12.7. The highest BCUT2D eigenvalue weighted by atomic mass is 32.1. The van der Waals surface area contributed by atoms with E-state index in [0.29, 0.717) is 6.04 Å². The molecule has 2 unspecified atom stereocenters. The topological polar surface area (TPSA) is 24.1 Å². The minimum Gasteiger partial charge on any atom is -0.360 e. The lowest BCUT2D eigenvalue weighted by atomic mass is 9.86. The third-order valence-electron chi connectivity index (χ3n) is 4.00. The van der Waals surface area contributed by atoms with E-state index in [1.165, 1.54) is 36.8 Å². The van der Waals surface area contributed by atoms with Crippen LogP contribution < -0.4 is 10.6 Å². The second-order valence-electron chi connectivity index (χ2n) is 5.68. The minimum absolute atomic E-state index is 0.548. The molecule has 1 aromatic carbocycles. The summed E-state index contributed by atoms with van der Waals surface area (Å²) in [4.78, 5) is 0. The molecule has 0 aromatic heterocycles. The molecule has 19 heavy (non-hydrogen) atoms. The lowest BCUT2D eigenvalue weighted by Crippen LogP contribution is -2.45. The number of rotatable bonds is 3. The van der Waals surface area contributed by atoms with Crippen molar-refractivity contribution in [1.29, 1.82) is 0 Å². The summed E-state index contributed by atoms with van der Waals surface area (Å²) in [5.41, 5.74) is 2.56. The highest BCUT2D eigenvalue weighted by Crippen LogP contribution is 2.23. The van der Waals surface area contributed by atoms with E-state index in [1.54, 1.807) is 0 Å². The zero-order chi connectivity index (χ0) is 13.7. The third-order valence-corrected chi connectivity index (χ3v) is 4.26. The molecule has 1 saturated carbocycles. The number of nitrogens with one attached hydrogen (secondary N) is 2. The smallest absolute Gasteiger partial charge is 0.166 e. The fourth-order valence-electron chi connectivity index (χ4n) is 2.64. The molecule has 0 bridgehead atoms. The molecule has 0 spiro atoms. The number of aryl methyl sites for hydroxylation is 1. The van der Waals surface area contributed by atoms with E-state index in [0.717, 1.165) is 17.6 Å². The summed E-state index contributed by atoms with van der Waals surface area (Å²) in [5, 5.41) is 7.57. The first-order valence-electron chi connectivity index (χ1n) is 7.25. The Morgan fingerprint density at radius 2 is 1.89 bits per heavy atom. The van der Waals surface area contributed by atoms with Gasteiger partial charge >= 0.3 is 0 Å². The third kappa shape index (κ3) is 4.50. The van der Waals surface area contributed by atoms with Crippen LogP contribution in [0.5, 0.6) is 0 Å². The van der Waals surface area contributed by atoms with Crippen LogP contribution in [0.2, 0.25) is 0 Å². The molecule has 1 aromatic rings. The van der Waals surface area contributed by atoms with Gasteiger partial charge in [0.1, 0.15) is 0 Å². The number of thiocarbonyl (C=S) groups is 1. The predicted octanol–water partition coefficient (Wildman–Crippen LogP) is 3.54. The normalized spacial score (nSPS) is 22.8. The summed E-state index contributed by atoms with van der Waals surface area (Å²) < 4.78 is 0. The Labute approximate surface area is 122 Å². The average molecular weight is 276 g/mol. The monoisotopic (exact) mass is 276 g/mol. The van der Waals surface area contributed by atoms with Crippen molar-refractivity contribution in [3.8, 4) is 0 Å². The molecule has 1 fully saturated rings. The summed E-state index contributed by atoms with van der Waals surface area (Å²) in [6.07, 6.45) is 5.25. The summed E-state index contributed by atoms with van der Waals surface area (Å²) in [6.45, 7) is 5.22. The van der Waals surface area contributed by atoms with E-state index in [4.69, 9.17) is 12.2 Å². The molecule has 2 rings (SSSR count). The van der Waals surface area contributed by atoms with Crippen LogP contribution in [-0.2, 0) is 6.54 Å². The van der Waals surface area contributed by atoms with Crippen molar-refractivity contribution < 1.29 is 0 Å². The summed E-state index contributed by atoms with van der Waals surface area (Å²) >= 11 is 5.39. The maximum absolute atomic E-state index is 5.39. The SMILES string of the molecule is Cc1ccc(CNC(=S)NC2CCCCC2C)cc1. The second-order valence-corrected chi connectivity index (χ2v) is 6.09. The molecule has 0 heterocycles. The molecule has 2 N–H and O–H groups in total. The Morgan fingerprint density at radius 1 is 1.21 bits per heavy atom. The van der Waals surface area contributed by atoms with Gasteiger partial charge in [0, 0.05) is 12.6 Å². The first kappa shape index (κ1) is 14.3. The van der Waals surface area contributed by atoms with Crippen LogP contribution in [0.3, 0.4) is 0 Å². The van der Waals surface area contributed by atoms with Gasteiger partial charge in [0.25, 0.3) is 0 Å². The molecule has 104 valence electrons. The van der Waals surface area contributed by atoms with E-state index in [-0.39, 0.29) is 0 Å². The molecule has 0 aliphatic heterocycles. The highest BCUT2D eigenvalue weighted by molar-refractivity contribution is 7.80. The number of benzene rings is 1. The van der Waals surface area contributed by atoms with Crippen molar-refractivity contribution in [2.24, 2.45) is 5.92 Å². The largest absolute Gasteiger partial charge is 0.360 e. The van der Waals surface area contributed by atoms with Gasteiger partial charge in [-0.3, -0.25) is 0 Å². The van der Waals surface area contributed by atoms with Gasteiger partial charge in [-0.1, -0.05) is 49.6 Å². The first-order valence-corrected chi connectivity index (χ1v) is 7.66. The Hall–Kier alpha value is -1.09. The van der Waals surface area contributed by atoms with Crippen molar-refractivity contribution >= 4 is 17.3 Å². The van der Waals surface area contributed by atoms with Gasteiger partial charge in [0.2, 0.25) is 0 Å². The maximum atomic E-state index is 5.39. The van der Waals surface area contributed by atoms with Gasteiger partial charge in [-0.25, -0.2) is 0 Å². The molecule has 2 nitrogen and oxygen atoms in total. The van der Waals surface area contributed by atoms with Crippen molar-refractivity contribution in [2.75, 3.05) is 0 Å². The quantitative estimate of drug-likeness (QED) is 0.826. The van der Waals surface area contributed by atoms with E-state index >= 15 is 0 Å². The van der Waals surface area contributed by atoms with Gasteiger partial charge in [0.15, 0.2) is 5.11 Å². The minimum atomic E-state index is 0.548. The van der Waals surface area contributed by atoms with Crippen LogP contribution in [0.1, 0.15) is 43.7 Å². The molecule has 1 aliphatic carbocycles. The van der Waals surface area contributed by atoms with E-state index < -0.39 is 0 Å². The highest BCUT2D eigenvalue weighted by Gasteiger charge is 2.21. The fraction of sp³-hybridized carbons (Fsp3) is 0.562. The van der Waals surface area contributed by atoms with Crippen molar-refractivity contribution in [3.63, 3.8) is 0 Å². The standard InChI is InChI=1S/C16H24N2S/c1-12-7-9-14(10-8-12)11-17-16(19)18-15-6-4-3-5-13(15)2/h7-10,13,15H,3-6,11H2,1-2H3,(H2,17,18,19). The van der Waals surface area contributed by atoms with Gasteiger partial charge in [-0.05, 0) is 43.5 Å². The summed E-state index contributed by atoms with van der Waals surface area (Å²) in [7, 11) is 0. The van der Waals surface area contributed by atoms with Gasteiger partial charge in [-0.15, -0.1) is 0 Å². The van der Waals surface area contributed by atoms with Crippen molar-refractivity contribution in [2.45, 2.75) is 52.1 Å². The lowest BCUT2D eigenvalue weighted by Gasteiger charge is -2.30. The lowest BCUT2D eigenvalue weighted by molar-refractivity contribution is 0.308. The number of hydrogen-bond donors (Lipinski definition) is 2. The summed E-state index contributed by atoms with van der Waals surface area (Å²) in [6, 6.07) is 9.11. The molecule has 1 aliphatic rings. The van der Waals surface area contributed by atoms with Crippen molar-refractivity contribution in [3.05, 3.63) is 35.4 Å². The van der Waals surface area contributed by atoms with Crippen LogP contribution in [0.15, 0.2) is 24.3 Å². The van der Waals surface area contributed by atoms with Crippen LogP contribution in [0, 0.1) is 12.8 Å². The Balaban J connectivity index is 1.76. The molecule has 0 saturated heterocycles. The molecular weight excluding hydrogens is 252 g/mol. The Kier molecular flexibility index (Phi) is 5.20. The van der Waals surface area contributed by atoms with Crippen molar-refractivity contribution in [1.82, 2.24) is 10.6 Å². The maximum Gasteiger partial charge on any atom is 0.166 e. The van der Waals surface area contributed by atoms with Gasteiger partial charge < -0.3 is 10.6 Å². The van der Waals surface area contributed by atoms with Gasteiger partial charge in [-0.2, -0.15) is 0 Å². The van der Waals surface area contributed by atoms with E-state index in [2.05, 4.69) is 48.7 Å². The van der Waals surface area contributed by atoms with E-state index in [1.807, 2.05) is 0 Å². The first-order chi connectivity index (χ1) is 9.15. The Bertz CT molecular complexity index is 413. The average Bonchev–Trinajstić information content (AvgIpc) is 2.41. The zero-order valence-electron chi connectivity index (χ0n) is 11.9. The second kappa shape index (κ2) is 6.90. The van der Waals surface area contributed by atoms with Crippen LogP contribution in [-0.4, -0.2) is 11.2 Å². The summed E-state index contributed by atoms with van der Waals surface area (Å²) in [5.74, 6) is 0.730. The fourth-order valence-corrected chi connectivity index (χ4v) is 2.86. The molecule has 2 atom stereocenters. The van der Waals surface area contributed by atoms with Crippen LogP contribution >= 0.6 is 12.2 Å². The van der Waals surface area contributed by atoms with Gasteiger partial charge in [0.05, 0.1) is 0 Å². The number of hydrogen-bond acceptors (Lipinski definition) is 1. The molecule has 3 heteroatoms. The molecule has 0 radical (unpaired) electrons. The van der Waals surface area contributed by atoms with Crippen LogP contribution in [0.4, 0.5) is 0 Å². The molecule has 0 amide bonds. The van der Waals surface area contributed by atoms with Crippen LogP contribution in [0.25, 0.3) is 0 Å². The Morgan fingerprint density at radius 3 is 2.58 bits per heavy atom. The van der Waals surface area contributed by atoms with E-state index in [9.17, 15) is 0 Å².